The van der Waals surface area contributed by atoms with Crippen molar-refractivity contribution in [3.8, 4) is 5.88 Å². The zero-order valence-electron chi connectivity index (χ0n) is 48.7. The lowest BCUT2D eigenvalue weighted by molar-refractivity contribution is -0.176. The van der Waals surface area contributed by atoms with E-state index in [1.807, 2.05) is 91.8 Å². The van der Waals surface area contributed by atoms with E-state index in [0.29, 0.717) is 36.7 Å². The van der Waals surface area contributed by atoms with Crippen LogP contribution in [0.1, 0.15) is 112 Å². The van der Waals surface area contributed by atoms with Gasteiger partial charge in [-0.25, -0.2) is 24.2 Å². The quantitative estimate of drug-likeness (QED) is 0.125. The summed E-state index contributed by atoms with van der Waals surface area (Å²) in [5.74, 6) is -6.77. The van der Waals surface area contributed by atoms with Crippen LogP contribution < -0.4 is 9.64 Å². The summed E-state index contributed by atoms with van der Waals surface area (Å²) in [6, 6.07) is 15.0. The van der Waals surface area contributed by atoms with Crippen molar-refractivity contribution in [1.29, 1.82) is 0 Å². The molecule has 0 saturated carbocycles. The fourth-order valence-corrected chi connectivity index (χ4v) is 9.80. The highest BCUT2D eigenvalue weighted by atomic mass is 16.6. The molecule has 1 saturated heterocycles. The molecule has 0 bridgehead atoms. The Morgan fingerprint density at radius 2 is 0.835 bits per heavy atom. The van der Waals surface area contributed by atoms with Crippen LogP contribution in [0.15, 0.2) is 72.9 Å². The lowest BCUT2D eigenvalue weighted by atomic mass is 9.99. The van der Waals surface area contributed by atoms with Gasteiger partial charge in [0.1, 0.15) is 36.5 Å². The van der Waals surface area contributed by atoms with E-state index in [2.05, 4.69) is 9.88 Å². The van der Waals surface area contributed by atoms with E-state index in [4.69, 9.17) is 23.7 Å². The Balaban J connectivity index is 1.58. The molecule has 1 fully saturated rings. The van der Waals surface area contributed by atoms with E-state index in [1.165, 1.54) is 46.9 Å². The maximum absolute atomic E-state index is 15.1. The van der Waals surface area contributed by atoms with Gasteiger partial charge in [-0.2, -0.15) is 0 Å². The second-order valence-electron chi connectivity index (χ2n) is 22.7. The van der Waals surface area contributed by atoms with Gasteiger partial charge in [0.05, 0.1) is 6.54 Å². The molecule has 2 aromatic carbocycles. The zero-order chi connectivity index (χ0) is 58.4. The summed E-state index contributed by atoms with van der Waals surface area (Å²) in [5.41, 5.74) is 3.07. The van der Waals surface area contributed by atoms with Gasteiger partial charge in [0.25, 0.3) is 23.6 Å². The average Bonchev–Trinajstić information content (AvgIpc) is 3.40. The minimum atomic E-state index is -1.54. The van der Waals surface area contributed by atoms with E-state index in [9.17, 15) is 33.6 Å². The first-order valence-corrected chi connectivity index (χ1v) is 27.6. The number of anilines is 1. The molecule has 8 atom stereocenters. The van der Waals surface area contributed by atoms with E-state index < -0.39 is 96.1 Å². The van der Waals surface area contributed by atoms with Gasteiger partial charge in [-0.1, -0.05) is 110 Å². The molecule has 0 unspecified atom stereocenters. The van der Waals surface area contributed by atoms with Crippen LogP contribution in [-0.4, -0.2) is 162 Å². The molecule has 4 amide bonds. The van der Waals surface area contributed by atoms with Crippen LogP contribution in [0.3, 0.4) is 0 Å². The number of pyridine rings is 1. The van der Waals surface area contributed by atoms with E-state index in [1.54, 1.807) is 36.5 Å². The number of hydrogen-bond donors (Lipinski definition) is 0. The van der Waals surface area contributed by atoms with Gasteiger partial charge < -0.3 is 48.2 Å². The standard InChI is InChI=1S/C60H84N6O13/c1-36(2)29-46-57(71)76-41(10)54(68)63(12)49(32-39(7)8)60(74)79-51(34-43-22-24-44(25-23-43)35-66-27-28-75-52-45(66)21-18-26-61-52)56(70)65(14)47(30-37(3)4)58(72)77-40(9)53(67)62(11)48(31-38(5)6)59(73)78-50(55(69)64(46)13)33-42-19-16-15-17-20-42/h15-26,36-41,46-51H,27-35H2,1-14H3/t40-,41-,46+,47+,48+,49+,50-,51-/m1/s1. The molecule has 5 rings (SSSR count). The maximum atomic E-state index is 15.1. The van der Waals surface area contributed by atoms with Crippen LogP contribution >= 0.6 is 0 Å². The Labute approximate surface area is 466 Å². The minimum absolute atomic E-state index is 0.0861. The number of rotatable bonds is 14. The summed E-state index contributed by atoms with van der Waals surface area (Å²) >= 11 is 0. The minimum Gasteiger partial charge on any atom is -0.474 e. The van der Waals surface area contributed by atoms with Gasteiger partial charge in [0, 0.05) is 53.8 Å². The number of esters is 4. The van der Waals surface area contributed by atoms with Crippen LogP contribution in [0.4, 0.5) is 5.69 Å². The summed E-state index contributed by atoms with van der Waals surface area (Å²) in [6.07, 6.45) is -4.15. The van der Waals surface area contributed by atoms with E-state index in [0.717, 1.165) is 26.0 Å². The monoisotopic (exact) mass is 1100 g/mol. The van der Waals surface area contributed by atoms with Gasteiger partial charge in [-0.3, -0.25) is 19.2 Å². The Bertz CT molecular complexity index is 2560. The van der Waals surface area contributed by atoms with Crippen molar-refractivity contribution in [1.82, 2.24) is 24.6 Å². The number of cyclic esters (lactones) is 4. The molecule has 19 nitrogen and oxygen atoms in total. The smallest absolute Gasteiger partial charge is 0.329 e. The lowest BCUT2D eigenvalue weighted by Gasteiger charge is -2.35. The van der Waals surface area contributed by atoms with Gasteiger partial charge >= 0.3 is 23.9 Å². The largest absolute Gasteiger partial charge is 0.474 e. The highest BCUT2D eigenvalue weighted by Crippen LogP contribution is 2.30. The van der Waals surface area contributed by atoms with E-state index >= 15 is 4.79 Å². The highest BCUT2D eigenvalue weighted by molar-refractivity contribution is 5.94. The second kappa shape index (κ2) is 28.7. The van der Waals surface area contributed by atoms with Crippen LogP contribution in [0.25, 0.3) is 0 Å². The molecule has 3 heterocycles. The Morgan fingerprint density at radius 1 is 0.468 bits per heavy atom. The third kappa shape index (κ3) is 17.2. The highest BCUT2D eigenvalue weighted by Gasteiger charge is 2.43. The number of amides is 4. The third-order valence-electron chi connectivity index (χ3n) is 14.2. The third-order valence-corrected chi connectivity index (χ3v) is 14.2. The molecule has 0 aliphatic carbocycles. The Kier molecular flexibility index (Phi) is 22.8. The van der Waals surface area contributed by atoms with Crippen LogP contribution in [0.5, 0.6) is 5.88 Å². The summed E-state index contributed by atoms with van der Waals surface area (Å²) in [7, 11) is 5.58. The van der Waals surface area contributed by atoms with Gasteiger partial charge in [0.15, 0.2) is 24.4 Å². The molecule has 0 spiro atoms. The average molecular weight is 1100 g/mol. The molecule has 19 heteroatoms. The predicted molar refractivity (Wildman–Crippen MR) is 296 cm³/mol. The van der Waals surface area contributed by atoms with Crippen molar-refractivity contribution in [2.24, 2.45) is 23.7 Å². The fourth-order valence-electron chi connectivity index (χ4n) is 9.80. The predicted octanol–water partition coefficient (Wildman–Crippen LogP) is 6.46. The first-order chi connectivity index (χ1) is 37.3. The first-order valence-electron chi connectivity index (χ1n) is 27.6. The van der Waals surface area contributed by atoms with Crippen LogP contribution in [-0.2, 0) is 76.7 Å². The summed E-state index contributed by atoms with van der Waals surface area (Å²) in [5, 5.41) is 0. The number of likely N-dealkylation sites (N-methyl/N-ethyl adjacent to an activating group) is 4. The molecule has 0 N–H and O–H groups in total. The van der Waals surface area contributed by atoms with Gasteiger partial charge in [-0.15, -0.1) is 0 Å². The molecule has 1 aromatic heterocycles. The number of carbonyl (C=O) groups excluding carboxylic acids is 8. The van der Waals surface area contributed by atoms with Crippen molar-refractivity contribution in [2.75, 3.05) is 46.2 Å². The van der Waals surface area contributed by atoms with Gasteiger partial charge in [-0.05, 0) is 92.0 Å². The number of aromatic nitrogens is 1. The van der Waals surface area contributed by atoms with Crippen molar-refractivity contribution >= 4 is 53.2 Å². The Morgan fingerprint density at radius 3 is 1.24 bits per heavy atom. The van der Waals surface area contributed by atoms with Crippen molar-refractivity contribution in [3.05, 3.63) is 89.6 Å². The molecular formula is C60H84N6O13. The molecule has 0 radical (unpaired) electrons. The SMILES string of the molecule is CC(C)C[C@H]1C(=O)O[C@H](Cc2ccc(CN3CCOc4ncccc43)cc2)C(=O)N(C)[C@@H](CC(C)C)C(=O)O[C@H](C)C(=O)N(C)[C@@H](CC(C)C)C(=O)O[C@H](Cc2ccccc2)C(=O)N(C)[C@@H](CC(C)C)C(=O)O[C@H](C)C(=O)N1C. The van der Waals surface area contributed by atoms with Crippen LogP contribution in [0, 0.1) is 23.7 Å². The number of benzene rings is 2. The molecule has 432 valence electrons. The van der Waals surface area contributed by atoms with Crippen molar-refractivity contribution < 1.29 is 62.0 Å². The normalized spacial score (nSPS) is 24.1. The molecule has 2 aliphatic rings. The van der Waals surface area contributed by atoms with Crippen LogP contribution in [0.2, 0.25) is 0 Å². The van der Waals surface area contributed by atoms with Crippen molar-refractivity contribution in [2.45, 2.75) is 163 Å². The number of hydrogen-bond acceptors (Lipinski definition) is 15. The van der Waals surface area contributed by atoms with Gasteiger partial charge in [0.2, 0.25) is 5.88 Å². The molecule has 3 aromatic rings. The zero-order valence-corrected chi connectivity index (χ0v) is 48.7. The Hall–Kier alpha value is -7.05. The molecule has 79 heavy (non-hydrogen) atoms. The number of carbonyl (C=O) groups is 8. The topological polar surface area (TPSA) is 212 Å². The fraction of sp³-hybridized carbons (Fsp3) is 0.583. The summed E-state index contributed by atoms with van der Waals surface area (Å²) < 4.78 is 29.9. The summed E-state index contributed by atoms with van der Waals surface area (Å²) in [4.78, 5) is 128. The second-order valence-corrected chi connectivity index (χ2v) is 22.7. The number of fused-ring (bicyclic) bond motifs is 1. The molecular weight excluding hydrogens is 1010 g/mol. The number of ether oxygens (including phenoxy) is 5. The number of nitrogens with zero attached hydrogens (tertiary/aromatic N) is 6. The molecule has 2 aliphatic heterocycles. The van der Waals surface area contributed by atoms with Crippen molar-refractivity contribution in [3.63, 3.8) is 0 Å². The lowest BCUT2D eigenvalue weighted by Crippen LogP contribution is -2.55. The first kappa shape index (κ1) is 62.8. The maximum Gasteiger partial charge on any atom is 0.329 e. The van der Waals surface area contributed by atoms with E-state index in [-0.39, 0.29) is 62.2 Å². The summed E-state index contributed by atoms with van der Waals surface area (Å²) in [6.45, 7) is 19.2.